The zero-order valence-electron chi connectivity index (χ0n) is 19.1. The van der Waals surface area contributed by atoms with Gasteiger partial charge in [0.15, 0.2) is 17.5 Å². The Morgan fingerprint density at radius 3 is 2.71 bits per heavy atom. The fraction of sp³-hybridized carbons (Fsp3) is 0.292. The minimum absolute atomic E-state index is 0.0260. The second-order valence-corrected chi connectivity index (χ2v) is 8.38. The summed E-state index contributed by atoms with van der Waals surface area (Å²) in [4.78, 5) is 25.4. The Morgan fingerprint density at radius 2 is 2.03 bits per heavy atom. The van der Waals surface area contributed by atoms with Crippen LogP contribution in [0.2, 0.25) is 0 Å². The number of nitrogens with one attached hydrogen (secondary N) is 2. The summed E-state index contributed by atoms with van der Waals surface area (Å²) >= 11 is 0. The van der Waals surface area contributed by atoms with Crippen molar-refractivity contribution >= 4 is 28.4 Å². The Balaban J connectivity index is 1.40. The number of carbonyl (C=O) groups excluding carboxylic acids is 1. The minimum Gasteiger partial charge on any atom is -0.371 e. The van der Waals surface area contributed by atoms with Crippen molar-refractivity contribution in [3.63, 3.8) is 0 Å². The summed E-state index contributed by atoms with van der Waals surface area (Å²) in [5.74, 6) is 8.39. The van der Waals surface area contributed by atoms with Crippen LogP contribution in [0.1, 0.15) is 36.0 Å². The number of hydrogen-bond donors (Lipinski definition) is 2. The van der Waals surface area contributed by atoms with Crippen molar-refractivity contribution in [1.82, 2.24) is 34.9 Å². The van der Waals surface area contributed by atoms with Crippen molar-refractivity contribution in [1.29, 1.82) is 0 Å². The van der Waals surface area contributed by atoms with E-state index >= 15 is 0 Å². The number of aryl methyl sites for hydroxylation is 1. The molecule has 4 aromatic rings. The number of fused-ring (bicyclic) bond motifs is 1. The quantitative estimate of drug-likeness (QED) is 0.441. The number of pyridine rings is 2. The second-order valence-electron chi connectivity index (χ2n) is 8.38. The molecular formula is C24H23N9O. The Labute approximate surface area is 196 Å². The number of anilines is 2. The molecule has 10 heteroatoms. The molecule has 10 nitrogen and oxygen atoms in total. The van der Waals surface area contributed by atoms with E-state index in [0.29, 0.717) is 40.7 Å². The van der Waals surface area contributed by atoms with E-state index in [4.69, 9.17) is 0 Å². The van der Waals surface area contributed by atoms with Crippen molar-refractivity contribution in [3.05, 3.63) is 59.6 Å². The first-order valence-electron chi connectivity index (χ1n) is 11.0. The fourth-order valence-electron chi connectivity index (χ4n) is 3.66. The SMILES string of the molecule is CNc1ncc(C#Cc2ccc(Cc3ncn(C)n3)cn2)c2cc(NC(=O)[C@H]3C[C@H]3C)nnc12. The van der Waals surface area contributed by atoms with Gasteiger partial charge in [-0.1, -0.05) is 18.9 Å². The van der Waals surface area contributed by atoms with Gasteiger partial charge in [0.25, 0.3) is 0 Å². The van der Waals surface area contributed by atoms with Gasteiger partial charge in [0.2, 0.25) is 5.91 Å². The van der Waals surface area contributed by atoms with Crippen molar-refractivity contribution in [2.45, 2.75) is 19.8 Å². The molecule has 2 atom stereocenters. The lowest BCUT2D eigenvalue weighted by Crippen LogP contribution is -2.16. The molecule has 2 N–H and O–H groups in total. The number of aromatic nitrogens is 7. The smallest absolute Gasteiger partial charge is 0.228 e. The van der Waals surface area contributed by atoms with Crippen molar-refractivity contribution in [2.24, 2.45) is 18.9 Å². The van der Waals surface area contributed by atoms with E-state index < -0.39 is 0 Å². The van der Waals surface area contributed by atoms with Gasteiger partial charge in [-0.2, -0.15) is 5.10 Å². The van der Waals surface area contributed by atoms with E-state index in [0.717, 1.165) is 23.2 Å². The summed E-state index contributed by atoms with van der Waals surface area (Å²) in [6, 6.07) is 5.62. The van der Waals surface area contributed by atoms with Gasteiger partial charge >= 0.3 is 0 Å². The molecule has 0 radical (unpaired) electrons. The first-order chi connectivity index (χ1) is 16.5. The van der Waals surface area contributed by atoms with Crippen LogP contribution in [0.15, 0.2) is 36.9 Å². The van der Waals surface area contributed by atoms with Crippen LogP contribution in [-0.4, -0.2) is 47.9 Å². The van der Waals surface area contributed by atoms with Gasteiger partial charge in [-0.15, -0.1) is 10.2 Å². The average Bonchev–Trinajstić information content (AvgIpc) is 3.45. The largest absolute Gasteiger partial charge is 0.371 e. The van der Waals surface area contributed by atoms with E-state index in [1.807, 2.05) is 19.2 Å². The molecule has 0 aromatic carbocycles. The zero-order chi connectivity index (χ0) is 23.7. The summed E-state index contributed by atoms with van der Waals surface area (Å²) in [6.45, 7) is 2.06. The molecule has 0 aliphatic heterocycles. The van der Waals surface area contributed by atoms with Gasteiger partial charge in [-0.25, -0.2) is 15.0 Å². The molecular weight excluding hydrogens is 430 g/mol. The number of hydrogen-bond acceptors (Lipinski definition) is 8. The lowest BCUT2D eigenvalue weighted by molar-refractivity contribution is -0.117. The van der Waals surface area contributed by atoms with Crippen molar-refractivity contribution in [3.8, 4) is 11.8 Å². The van der Waals surface area contributed by atoms with E-state index in [2.05, 4.69) is 59.6 Å². The molecule has 1 amide bonds. The standard InChI is InChI=1S/C24H23N9O/c1-14-8-18(14)24(34)29-21-10-19-16(12-27-23(25-2)22(19)31-30-21)5-7-17-6-4-15(11-26-17)9-20-28-13-33(3)32-20/h4,6,10-14,18H,8-9H2,1-3H3,(H,25,27)(H,29,30,34)/t14-,18+/m1/s1. The van der Waals surface area contributed by atoms with E-state index in [-0.39, 0.29) is 11.8 Å². The third-order valence-electron chi connectivity index (χ3n) is 5.72. The average molecular weight is 454 g/mol. The highest BCUT2D eigenvalue weighted by Gasteiger charge is 2.39. The van der Waals surface area contributed by atoms with E-state index in [1.165, 1.54) is 0 Å². The molecule has 1 fully saturated rings. The Kier molecular flexibility index (Phi) is 5.59. The molecule has 1 aliphatic rings. The topological polar surface area (TPSA) is 123 Å². The van der Waals surface area contributed by atoms with Crippen LogP contribution in [0.5, 0.6) is 0 Å². The van der Waals surface area contributed by atoms with Crippen LogP contribution >= 0.6 is 0 Å². The predicted molar refractivity (Wildman–Crippen MR) is 127 cm³/mol. The molecule has 170 valence electrons. The first kappa shape index (κ1) is 21.5. The third kappa shape index (κ3) is 4.54. The third-order valence-corrected chi connectivity index (χ3v) is 5.72. The number of amides is 1. The highest BCUT2D eigenvalue weighted by molar-refractivity contribution is 5.97. The highest BCUT2D eigenvalue weighted by atomic mass is 16.2. The van der Waals surface area contributed by atoms with Gasteiger partial charge < -0.3 is 10.6 Å². The van der Waals surface area contributed by atoms with Crippen molar-refractivity contribution < 1.29 is 4.79 Å². The summed E-state index contributed by atoms with van der Waals surface area (Å²) in [5.41, 5.74) is 2.88. The van der Waals surface area contributed by atoms with Gasteiger partial charge in [0.1, 0.15) is 17.5 Å². The van der Waals surface area contributed by atoms with Crippen LogP contribution in [0.25, 0.3) is 10.9 Å². The molecule has 0 bridgehead atoms. The Bertz CT molecular complexity index is 1430. The number of rotatable bonds is 5. The van der Waals surface area contributed by atoms with Gasteiger partial charge in [-0.3, -0.25) is 9.48 Å². The molecule has 4 heterocycles. The fourth-order valence-corrected chi connectivity index (χ4v) is 3.66. The molecule has 1 saturated carbocycles. The van der Waals surface area contributed by atoms with Gasteiger partial charge in [-0.05, 0) is 36.0 Å². The van der Waals surface area contributed by atoms with Crippen LogP contribution in [0, 0.1) is 23.7 Å². The minimum atomic E-state index is -0.0260. The van der Waals surface area contributed by atoms with E-state index in [9.17, 15) is 4.79 Å². The summed E-state index contributed by atoms with van der Waals surface area (Å²) in [5, 5.41) is 19.4. The van der Waals surface area contributed by atoms with Crippen molar-refractivity contribution in [2.75, 3.05) is 17.7 Å². The second kappa shape index (κ2) is 8.86. The lowest BCUT2D eigenvalue weighted by atomic mass is 10.1. The molecule has 1 aliphatic carbocycles. The molecule has 0 saturated heterocycles. The molecule has 4 aromatic heterocycles. The maximum Gasteiger partial charge on any atom is 0.228 e. The molecule has 0 unspecified atom stereocenters. The highest BCUT2D eigenvalue weighted by Crippen LogP contribution is 2.38. The van der Waals surface area contributed by atoms with Crippen LogP contribution in [-0.2, 0) is 18.3 Å². The van der Waals surface area contributed by atoms with Crippen LogP contribution < -0.4 is 10.6 Å². The summed E-state index contributed by atoms with van der Waals surface area (Å²) < 4.78 is 1.67. The first-order valence-corrected chi connectivity index (χ1v) is 11.0. The maximum atomic E-state index is 12.3. The lowest BCUT2D eigenvalue weighted by Gasteiger charge is -2.08. The van der Waals surface area contributed by atoms with Gasteiger partial charge in [0, 0.05) is 44.2 Å². The van der Waals surface area contributed by atoms with E-state index in [1.54, 1.807) is 36.5 Å². The van der Waals surface area contributed by atoms with Crippen LogP contribution in [0.4, 0.5) is 11.6 Å². The number of carbonyl (C=O) groups is 1. The predicted octanol–water partition coefficient (Wildman–Crippen LogP) is 2.18. The maximum absolute atomic E-state index is 12.3. The Morgan fingerprint density at radius 1 is 1.18 bits per heavy atom. The molecule has 5 rings (SSSR count). The summed E-state index contributed by atoms with van der Waals surface area (Å²) in [6.07, 6.45) is 6.64. The van der Waals surface area contributed by atoms with Crippen LogP contribution in [0.3, 0.4) is 0 Å². The summed E-state index contributed by atoms with van der Waals surface area (Å²) in [7, 11) is 3.61. The van der Waals surface area contributed by atoms with Gasteiger partial charge in [0.05, 0.1) is 5.56 Å². The zero-order valence-corrected chi connectivity index (χ0v) is 19.1. The molecule has 0 spiro atoms. The molecule has 34 heavy (non-hydrogen) atoms. The Hall–Kier alpha value is -4.39. The number of nitrogens with zero attached hydrogens (tertiary/aromatic N) is 7. The monoisotopic (exact) mass is 453 g/mol. The normalized spacial score (nSPS) is 16.6.